The minimum absolute atomic E-state index is 0.00554. The van der Waals surface area contributed by atoms with E-state index in [0.29, 0.717) is 36.2 Å². The maximum absolute atomic E-state index is 13.1. The lowest BCUT2D eigenvalue weighted by Gasteiger charge is -2.40. The van der Waals surface area contributed by atoms with Gasteiger partial charge < -0.3 is 68.5 Å². The highest BCUT2D eigenvalue weighted by molar-refractivity contribution is 7.47. The summed E-state index contributed by atoms with van der Waals surface area (Å²) in [4.78, 5) is 74.3. The lowest BCUT2D eigenvalue weighted by atomic mass is 9.87. The van der Waals surface area contributed by atoms with E-state index in [-0.39, 0.29) is 61.8 Å². The van der Waals surface area contributed by atoms with Crippen molar-refractivity contribution < 1.29 is 95.4 Å². The second kappa shape index (κ2) is 41.4. The van der Waals surface area contributed by atoms with Gasteiger partial charge in [-0.05, 0) is 31.4 Å². The van der Waals surface area contributed by atoms with Gasteiger partial charge in [-0.1, -0.05) is 175 Å². The molecule has 3 rings (SSSR count). The third-order valence-electron chi connectivity index (χ3n) is 16.0. The number of unbranched alkanes of at least 4 members (excludes halogenated alkanes) is 24. The molecule has 2 unspecified atom stereocenters. The smallest absolute Gasteiger partial charge is 0.465 e. The highest BCUT2D eigenvalue weighted by Crippen LogP contribution is 2.50. The van der Waals surface area contributed by atoms with Crippen LogP contribution in [0.5, 0.6) is 11.5 Å². The molecule has 23 heteroatoms. The summed E-state index contributed by atoms with van der Waals surface area (Å²) < 4.78 is 63.0. The van der Waals surface area contributed by atoms with E-state index in [0.717, 1.165) is 96.3 Å². The number of aliphatic hydroxyl groups is 3. The van der Waals surface area contributed by atoms with Crippen LogP contribution in [0.4, 0.5) is 5.69 Å². The van der Waals surface area contributed by atoms with E-state index < -0.39 is 92.9 Å². The molecule has 0 aromatic heterocycles. The monoisotopic (exact) mass is 1260 g/mol. The molecule has 0 spiro atoms. The standard InChI is InChI=1S/C64H112N3O19P/c1-10-11-12-13-14-15-16-18-22-25-28-31-34-37-55(71)83-48(46-80-62-59(74)58(73)57(72)51(84-62)47-82-87(76,77)81-44-43-67(6,7)8)45-79-54(70)36-33-30-27-24-21-19-17-20-23-26-29-32-35-42-65-52(68)40-41-53(69)66-49-38-39-50-60(56(49)61(75)78-9)86-64(5,85-50)63(2,3)4/h38-39,48,51,57-59,62,72-74H,10-37,40-47H2,1-9H3,(H2-,65,66,68,69,75,76,77)/p+1/t48-,51+,57+,58-,59+,62-,64?/m0/s1. The number of nitrogens with one attached hydrogen (secondary N) is 2. The first kappa shape index (κ1) is 77.3. The molecule has 2 heterocycles. The van der Waals surface area contributed by atoms with Crippen LogP contribution in [0.1, 0.15) is 238 Å². The number of phosphoric ester groups is 1. The number of nitrogens with zero attached hydrogens (tertiary/aromatic N) is 1. The molecule has 22 nitrogen and oxygen atoms in total. The number of aliphatic hydroxyl groups excluding tert-OH is 3. The fourth-order valence-corrected chi connectivity index (χ4v) is 10.6. The third kappa shape index (κ3) is 31.6. The number of phosphoric acid groups is 1. The Morgan fingerprint density at radius 1 is 0.667 bits per heavy atom. The van der Waals surface area contributed by atoms with Gasteiger partial charge >= 0.3 is 25.7 Å². The number of carbonyl (C=O) groups excluding carboxylic acids is 5. The number of fused-ring (bicyclic) bond motifs is 1. The number of quaternary nitrogens is 1. The van der Waals surface area contributed by atoms with Crippen molar-refractivity contribution in [2.45, 2.75) is 270 Å². The zero-order valence-electron chi connectivity index (χ0n) is 54.4. The minimum Gasteiger partial charge on any atom is -0.465 e. The van der Waals surface area contributed by atoms with Crippen LogP contribution < -0.4 is 20.1 Å². The van der Waals surface area contributed by atoms with Crippen LogP contribution in [-0.2, 0) is 56.5 Å². The fourth-order valence-electron chi connectivity index (χ4n) is 9.92. The molecule has 1 saturated heterocycles. The quantitative estimate of drug-likeness (QED) is 0.0116. The molecule has 6 N–H and O–H groups in total. The van der Waals surface area contributed by atoms with E-state index in [1.54, 1.807) is 19.1 Å². The molecule has 2 aliphatic heterocycles. The third-order valence-corrected chi connectivity index (χ3v) is 16.9. The van der Waals surface area contributed by atoms with E-state index in [2.05, 4.69) is 17.6 Å². The molecule has 2 amide bonds. The number of methoxy groups -OCH3 is 1. The summed E-state index contributed by atoms with van der Waals surface area (Å²) in [6.45, 7) is 9.34. The van der Waals surface area contributed by atoms with E-state index in [9.17, 15) is 48.8 Å². The molecule has 0 bridgehead atoms. The second-order valence-corrected chi connectivity index (χ2v) is 27.2. The van der Waals surface area contributed by atoms with Crippen LogP contribution in [0.15, 0.2) is 12.1 Å². The van der Waals surface area contributed by atoms with Crippen molar-refractivity contribution in [2.24, 2.45) is 5.41 Å². The van der Waals surface area contributed by atoms with Crippen LogP contribution in [-0.4, -0.2) is 165 Å². The zero-order valence-corrected chi connectivity index (χ0v) is 55.3. The van der Waals surface area contributed by atoms with E-state index in [4.69, 9.17) is 42.2 Å². The Morgan fingerprint density at radius 2 is 1.18 bits per heavy atom. The summed E-state index contributed by atoms with van der Waals surface area (Å²) in [6, 6.07) is 3.21. The predicted molar refractivity (Wildman–Crippen MR) is 331 cm³/mol. The number of hydrogen-bond acceptors (Lipinski definition) is 18. The van der Waals surface area contributed by atoms with Gasteiger partial charge in [0.25, 0.3) is 5.79 Å². The molecule has 87 heavy (non-hydrogen) atoms. The van der Waals surface area contributed by atoms with Gasteiger partial charge in [0.05, 0.1) is 47.2 Å². The molecule has 1 aromatic carbocycles. The van der Waals surface area contributed by atoms with Crippen molar-refractivity contribution in [3.8, 4) is 11.5 Å². The number of anilines is 1. The van der Waals surface area contributed by atoms with Crippen LogP contribution in [0.25, 0.3) is 0 Å². The van der Waals surface area contributed by atoms with Crippen LogP contribution in [0.2, 0.25) is 0 Å². The Balaban J connectivity index is 1.29. The highest BCUT2D eigenvalue weighted by Gasteiger charge is 2.49. The summed E-state index contributed by atoms with van der Waals surface area (Å²) in [5.41, 5.74) is -0.161. The Hall–Kier alpha value is -3.96. The first-order valence-electron chi connectivity index (χ1n) is 32.6. The Morgan fingerprint density at radius 3 is 1.71 bits per heavy atom. The summed E-state index contributed by atoms with van der Waals surface area (Å²) in [7, 11) is 2.32. The number of hydrogen-bond donors (Lipinski definition) is 6. The number of likely N-dealkylation sites (N-methyl/N-ethyl adjacent to an activating group) is 1. The van der Waals surface area contributed by atoms with Gasteiger partial charge in [-0.3, -0.25) is 28.2 Å². The van der Waals surface area contributed by atoms with Crippen molar-refractivity contribution in [2.75, 3.05) is 73.1 Å². The summed E-state index contributed by atoms with van der Waals surface area (Å²) in [5.74, 6) is -2.75. The average molecular weight is 1260 g/mol. The normalized spacial score (nSPS) is 20.4. The van der Waals surface area contributed by atoms with Crippen LogP contribution >= 0.6 is 7.82 Å². The molecule has 0 radical (unpaired) electrons. The van der Waals surface area contributed by atoms with Crippen molar-refractivity contribution in [1.29, 1.82) is 0 Å². The molecule has 8 atom stereocenters. The maximum Gasteiger partial charge on any atom is 0.472 e. The van der Waals surface area contributed by atoms with Gasteiger partial charge in [0.2, 0.25) is 11.8 Å². The minimum atomic E-state index is -4.57. The number of ether oxygens (including phenoxy) is 7. The Kier molecular flexibility index (Phi) is 36.8. The van der Waals surface area contributed by atoms with Crippen molar-refractivity contribution in [3.05, 3.63) is 17.7 Å². The largest absolute Gasteiger partial charge is 0.472 e. The molecule has 1 fully saturated rings. The van der Waals surface area contributed by atoms with Crippen molar-refractivity contribution in [1.82, 2.24) is 5.32 Å². The Labute approximate surface area is 519 Å². The lowest BCUT2D eigenvalue weighted by Crippen LogP contribution is -2.59. The van der Waals surface area contributed by atoms with Gasteiger partial charge in [-0.2, -0.15) is 0 Å². The van der Waals surface area contributed by atoms with Gasteiger partial charge in [0, 0.05) is 44.6 Å². The molecular weight excluding hydrogens is 1150 g/mol. The van der Waals surface area contributed by atoms with Crippen LogP contribution in [0, 0.1) is 5.41 Å². The van der Waals surface area contributed by atoms with Crippen molar-refractivity contribution >= 4 is 43.2 Å². The summed E-state index contributed by atoms with van der Waals surface area (Å²) >= 11 is 0. The average Bonchev–Trinajstić information content (AvgIpc) is 3.63. The van der Waals surface area contributed by atoms with Crippen molar-refractivity contribution in [3.63, 3.8) is 0 Å². The lowest BCUT2D eigenvalue weighted by molar-refractivity contribution is -0.870. The second-order valence-electron chi connectivity index (χ2n) is 25.7. The summed E-state index contributed by atoms with van der Waals surface area (Å²) in [5, 5.41) is 37.7. The van der Waals surface area contributed by atoms with E-state index in [1.165, 1.54) is 64.9 Å². The number of amides is 2. The number of carbonyl (C=O) groups is 5. The van der Waals surface area contributed by atoms with Gasteiger partial charge in [-0.25, -0.2) is 9.36 Å². The molecule has 0 aliphatic carbocycles. The number of rotatable bonds is 48. The highest BCUT2D eigenvalue weighted by atomic mass is 31.2. The first-order valence-corrected chi connectivity index (χ1v) is 34.1. The van der Waals surface area contributed by atoms with E-state index in [1.807, 2.05) is 41.9 Å². The first-order chi connectivity index (χ1) is 41.3. The topological polar surface area (TPSA) is 290 Å². The SMILES string of the molecule is CCCCCCCCCCCCCCCC(=O)O[C@@H](COC(=O)CCCCCCCCCCCCCCCNC(=O)CCC(=O)Nc1ccc2c(c1C(=O)OC)OC(C)(C(C)(C)C)O2)CO[C@H]1O[C@H](COP(=O)(O)OCC[N+](C)(C)C)[C@@H](O)[C@H](O)[C@H]1O. The van der Waals surface area contributed by atoms with Gasteiger partial charge in [-0.15, -0.1) is 0 Å². The maximum atomic E-state index is 13.1. The fraction of sp³-hybridized carbons (Fsp3) is 0.828. The molecule has 2 aliphatic rings. The molecule has 502 valence electrons. The number of benzene rings is 1. The summed E-state index contributed by atoms with van der Waals surface area (Å²) in [6.07, 6.45) is 19.3. The molecular formula is C64H113N3O19P+. The number of esters is 3. The Bertz CT molecular complexity index is 2210. The molecule has 0 saturated carbocycles. The van der Waals surface area contributed by atoms with Gasteiger partial charge in [0.15, 0.2) is 23.9 Å². The zero-order chi connectivity index (χ0) is 64.3. The van der Waals surface area contributed by atoms with Gasteiger partial charge in [0.1, 0.15) is 49.7 Å². The van der Waals surface area contributed by atoms with E-state index >= 15 is 0 Å². The molecule has 1 aromatic rings. The predicted octanol–water partition coefficient (Wildman–Crippen LogP) is 10.9. The van der Waals surface area contributed by atoms with Crippen LogP contribution in [0.3, 0.4) is 0 Å².